The van der Waals surface area contributed by atoms with Crippen LogP contribution in [0, 0.1) is 11.6 Å². The normalized spacial score (nSPS) is 17.1. The molecule has 1 fully saturated rings. The maximum absolute atomic E-state index is 13.7. The second-order valence-corrected chi connectivity index (χ2v) is 4.09. The highest BCUT2D eigenvalue weighted by molar-refractivity contribution is 5.35. The molecule has 1 aliphatic heterocycles. The maximum atomic E-state index is 13.7. The molecule has 1 aromatic carbocycles. The number of hydrogen-bond acceptors (Lipinski definition) is 3. The summed E-state index contributed by atoms with van der Waals surface area (Å²) in [4.78, 5) is 2.12. The molecule has 5 heteroatoms. The molecule has 1 aliphatic rings. The third-order valence-corrected chi connectivity index (χ3v) is 2.93. The van der Waals surface area contributed by atoms with Crippen molar-refractivity contribution in [2.75, 3.05) is 33.3 Å². The molecular formula is C12H16F2N2O. The van der Waals surface area contributed by atoms with Crippen LogP contribution in [-0.2, 0) is 6.54 Å². The molecule has 2 rings (SSSR count). The number of nitrogens with one attached hydrogen (secondary N) is 1. The van der Waals surface area contributed by atoms with E-state index in [1.54, 1.807) is 0 Å². The van der Waals surface area contributed by atoms with Gasteiger partial charge < -0.3 is 10.1 Å². The Labute approximate surface area is 99.4 Å². The van der Waals surface area contributed by atoms with Crippen LogP contribution in [0.5, 0.6) is 5.75 Å². The predicted molar refractivity (Wildman–Crippen MR) is 61.1 cm³/mol. The number of piperazine rings is 1. The lowest BCUT2D eigenvalue weighted by molar-refractivity contribution is 0.226. The first kappa shape index (κ1) is 12.3. The summed E-state index contributed by atoms with van der Waals surface area (Å²) in [7, 11) is 1.43. The van der Waals surface area contributed by atoms with Gasteiger partial charge in [0.1, 0.15) is 17.4 Å². The number of halogens is 2. The molecule has 0 aliphatic carbocycles. The zero-order valence-corrected chi connectivity index (χ0v) is 9.80. The van der Waals surface area contributed by atoms with Gasteiger partial charge in [0.2, 0.25) is 0 Å². The van der Waals surface area contributed by atoms with Gasteiger partial charge in [0.15, 0.2) is 0 Å². The summed E-state index contributed by atoms with van der Waals surface area (Å²) in [5, 5.41) is 3.23. The van der Waals surface area contributed by atoms with Crippen LogP contribution < -0.4 is 10.1 Å². The number of hydrogen-bond donors (Lipinski definition) is 1. The molecule has 1 N–H and O–H groups in total. The van der Waals surface area contributed by atoms with Gasteiger partial charge >= 0.3 is 0 Å². The van der Waals surface area contributed by atoms with Crippen LogP contribution in [0.3, 0.4) is 0 Å². The number of nitrogens with zero attached hydrogens (tertiary/aromatic N) is 1. The van der Waals surface area contributed by atoms with Gasteiger partial charge in [-0.1, -0.05) is 0 Å². The van der Waals surface area contributed by atoms with Crippen molar-refractivity contribution < 1.29 is 13.5 Å². The standard InChI is InChI=1S/C12H16F2N2O/c1-17-12-7-9(13)6-11(14)10(12)8-16-4-2-15-3-5-16/h6-7,15H,2-5,8H2,1H3. The fourth-order valence-electron chi connectivity index (χ4n) is 2.01. The molecule has 1 heterocycles. The van der Waals surface area contributed by atoms with Gasteiger partial charge in [-0.05, 0) is 0 Å². The summed E-state index contributed by atoms with van der Waals surface area (Å²) < 4.78 is 31.7. The first-order valence-corrected chi connectivity index (χ1v) is 5.65. The van der Waals surface area contributed by atoms with Gasteiger partial charge in [0.25, 0.3) is 0 Å². The van der Waals surface area contributed by atoms with E-state index in [-0.39, 0.29) is 5.75 Å². The quantitative estimate of drug-likeness (QED) is 0.866. The fourth-order valence-corrected chi connectivity index (χ4v) is 2.01. The van der Waals surface area contributed by atoms with Gasteiger partial charge in [0, 0.05) is 50.4 Å². The van der Waals surface area contributed by atoms with Crippen LogP contribution in [-0.4, -0.2) is 38.2 Å². The third-order valence-electron chi connectivity index (χ3n) is 2.93. The minimum Gasteiger partial charge on any atom is -0.496 e. The molecule has 0 atom stereocenters. The largest absolute Gasteiger partial charge is 0.496 e. The summed E-state index contributed by atoms with van der Waals surface area (Å²) in [5.74, 6) is -0.871. The Morgan fingerprint density at radius 3 is 2.65 bits per heavy atom. The lowest BCUT2D eigenvalue weighted by Gasteiger charge is -2.27. The van der Waals surface area contributed by atoms with Gasteiger partial charge in [0.05, 0.1) is 7.11 Å². The van der Waals surface area contributed by atoms with Gasteiger partial charge in [-0.2, -0.15) is 0 Å². The second kappa shape index (κ2) is 5.42. The van der Waals surface area contributed by atoms with Crippen molar-refractivity contribution in [1.29, 1.82) is 0 Å². The van der Waals surface area contributed by atoms with Gasteiger partial charge in [-0.15, -0.1) is 0 Å². The number of ether oxygens (including phenoxy) is 1. The monoisotopic (exact) mass is 242 g/mol. The van der Waals surface area contributed by atoms with E-state index in [1.165, 1.54) is 13.2 Å². The lowest BCUT2D eigenvalue weighted by atomic mass is 10.1. The fraction of sp³-hybridized carbons (Fsp3) is 0.500. The summed E-state index contributed by atoms with van der Waals surface area (Å²) in [6, 6.07) is 2.13. The molecule has 1 saturated heterocycles. The van der Waals surface area contributed by atoms with Crippen LogP contribution in [0.2, 0.25) is 0 Å². The van der Waals surface area contributed by atoms with Crippen LogP contribution in [0.25, 0.3) is 0 Å². The Balaban J connectivity index is 2.18. The average Bonchev–Trinajstić information content (AvgIpc) is 2.33. The van der Waals surface area contributed by atoms with Crippen molar-refractivity contribution in [3.8, 4) is 5.75 Å². The molecular weight excluding hydrogens is 226 g/mol. The Hall–Kier alpha value is -1.20. The average molecular weight is 242 g/mol. The number of methoxy groups -OCH3 is 1. The van der Waals surface area contributed by atoms with Crippen molar-refractivity contribution in [3.63, 3.8) is 0 Å². The van der Waals surface area contributed by atoms with E-state index in [1.807, 2.05) is 0 Å². The molecule has 0 spiro atoms. The van der Waals surface area contributed by atoms with Crippen molar-refractivity contribution in [3.05, 3.63) is 29.3 Å². The minimum absolute atomic E-state index is 0.279. The Kier molecular flexibility index (Phi) is 3.91. The third kappa shape index (κ3) is 2.92. The molecule has 0 unspecified atom stereocenters. The first-order chi connectivity index (χ1) is 8.20. The second-order valence-electron chi connectivity index (χ2n) is 4.09. The predicted octanol–water partition coefficient (Wildman–Crippen LogP) is 1.38. The molecule has 3 nitrogen and oxygen atoms in total. The van der Waals surface area contributed by atoms with Gasteiger partial charge in [-0.25, -0.2) is 8.78 Å². The Morgan fingerprint density at radius 1 is 1.29 bits per heavy atom. The van der Waals surface area contributed by atoms with Crippen molar-refractivity contribution in [2.24, 2.45) is 0 Å². The summed E-state index contributed by atoms with van der Waals surface area (Å²) >= 11 is 0. The smallest absolute Gasteiger partial charge is 0.134 e. The van der Waals surface area contributed by atoms with E-state index in [0.717, 1.165) is 32.2 Å². The molecule has 0 radical (unpaired) electrons. The van der Waals surface area contributed by atoms with Crippen molar-refractivity contribution in [2.45, 2.75) is 6.54 Å². The van der Waals surface area contributed by atoms with E-state index in [2.05, 4.69) is 10.2 Å². The van der Waals surface area contributed by atoms with E-state index >= 15 is 0 Å². The SMILES string of the molecule is COc1cc(F)cc(F)c1CN1CCNCC1. The van der Waals surface area contributed by atoms with Crippen LogP contribution in [0.15, 0.2) is 12.1 Å². The summed E-state index contributed by atoms with van der Waals surface area (Å²) in [5.41, 5.74) is 0.427. The van der Waals surface area contributed by atoms with Crippen LogP contribution >= 0.6 is 0 Å². The zero-order valence-electron chi connectivity index (χ0n) is 9.80. The van der Waals surface area contributed by atoms with Crippen molar-refractivity contribution >= 4 is 0 Å². The van der Waals surface area contributed by atoms with Crippen LogP contribution in [0.4, 0.5) is 8.78 Å². The number of rotatable bonds is 3. The molecule has 94 valence electrons. The topological polar surface area (TPSA) is 24.5 Å². The Morgan fingerprint density at radius 2 is 2.00 bits per heavy atom. The van der Waals surface area contributed by atoms with Gasteiger partial charge in [-0.3, -0.25) is 4.90 Å². The maximum Gasteiger partial charge on any atom is 0.134 e. The van der Waals surface area contributed by atoms with Crippen molar-refractivity contribution in [1.82, 2.24) is 10.2 Å². The van der Waals surface area contributed by atoms with E-state index in [0.29, 0.717) is 12.1 Å². The molecule has 17 heavy (non-hydrogen) atoms. The van der Waals surface area contributed by atoms with E-state index in [4.69, 9.17) is 4.74 Å². The molecule has 1 aromatic rings. The lowest BCUT2D eigenvalue weighted by Crippen LogP contribution is -2.43. The summed E-state index contributed by atoms with van der Waals surface area (Å²) in [6.45, 7) is 3.97. The van der Waals surface area contributed by atoms with Crippen LogP contribution in [0.1, 0.15) is 5.56 Å². The number of benzene rings is 1. The molecule has 0 aromatic heterocycles. The highest BCUT2D eigenvalue weighted by Crippen LogP contribution is 2.24. The van der Waals surface area contributed by atoms with E-state index in [9.17, 15) is 8.78 Å². The highest BCUT2D eigenvalue weighted by Gasteiger charge is 2.17. The molecule has 0 saturated carbocycles. The molecule has 0 amide bonds. The van der Waals surface area contributed by atoms with E-state index < -0.39 is 11.6 Å². The minimum atomic E-state index is -0.608. The zero-order chi connectivity index (χ0) is 12.3. The summed E-state index contributed by atoms with van der Waals surface area (Å²) in [6.07, 6.45) is 0. The molecule has 0 bridgehead atoms. The first-order valence-electron chi connectivity index (χ1n) is 5.65. The highest BCUT2D eigenvalue weighted by atomic mass is 19.1. The Bertz CT molecular complexity index is 392.